The molecule has 0 atom stereocenters. The molecule has 0 aliphatic heterocycles. The van der Waals surface area contributed by atoms with Crippen molar-refractivity contribution in [2.75, 3.05) is 0 Å². The zero-order valence-electron chi connectivity index (χ0n) is 14.9. The highest BCUT2D eigenvalue weighted by atomic mass is 127. The van der Waals surface area contributed by atoms with E-state index in [0.717, 1.165) is 18.2 Å². The van der Waals surface area contributed by atoms with E-state index in [-0.39, 0.29) is 0 Å². The van der Waals surface area contributed by atoms with Crippen molar-refractivity contribution in [3.63, 3.8) is 0 Å². The average molecular weight is 542 g/mol. The van der Waals surface area contributed by atoms with E-state index >= 15 is 0 Å². The minimum atomic E-state index is -6.63. The lowest BCUT2D eigenvalue weighted by atomic mass is 10.0. The number of esters is 2. The summed E-state index contributed by atoms with van der Waals surface area (Å²) in [5, 5.41) is 8.09. The number of carbonyl (C=O) groups is 3. The number of benzene rings is 1. The number of rotatable bonds is 6. The van der Waals surface area contributed by atoms with Gasteiger partial charge in [0.1, 0.15) is 16.9 Å². The van der Waals surface area contributed by atoms with Gasteiger partial charge in [-0.15, -0.1) is 0 Å². The maximum absolute atomic E-state index is 13.7. The van der Waals surface area contributed by atoms with Gasteiger partial charge in [-0.2, -0.15) is 26.3 Å². The van der Waals surface area contributed by atoms with Gasteiger partial charge in [-0.05, 0) is 61.6 Å². The molecule has 0 unspecified atom stereocenters. The van der Waals surface area contributed by atoms with Crippen LogP contribution >= 0.6 is 22.6 Å². The molecule has 13 heteroatoms. The number of halogens is 7. The molecule has 0 spiro atoms. The summed E-state index contributed by atoms with van der Waals surface area (Å²) in [6.45, 7) is 4.35. The first-order valence-electron chi connectivity index (χ1n) is 7.46. The van der Waals surface area contributed by atoms with E-state index < -0.39 is 52.6 Å². The van der Waals surface area contributed by atoms with Gasteiger partial charge in [-0.1, -0.05) is 0 Å². The first kappa shape index (κ1) is 25.0. The Morgan fingerprint density at radius 2 is 1.48 bits per heavy atom. The molecule has 0 saturated heterocycles. The molecule has 0 aromatic heterocycles. The number of ether oxygens (including phenoxy) is 2. The molecule has 1 rings (SSSR count). The van der Waals surface area contributed by atoms with Crippen LogP contribution in [0.1, 0.15) is 31.1 Å². The molecule has 29 heavy (non-hydrogen) atoms. The third-order valence-corrected chi connectivity index (χ3v) is 3.75. The molecule has 6 nitrogen and oxygen atoms in total. The van der Waals surface area contributed by atoms with Crippen molar-refractivity contribution in [1.29, 1.82) is 0 Å². The van der Waals surface area contributed by atoms with E-state index in [4.69, 9.17) is 9.84 Å². The monoisotopic (exact) mass is 542 g/mol. The summed E-state index contributed by atoms with van der Waals surface area (Å²) < 4.78 is 89.8. The number of aliphatic carboxylic acids is 1. The summed E-state index contributed by atoms with van der Waals surface area (Å²) in [5.41, 5.74) is -1.69. The Morgan fingerprint density at radius 1 is 0.966 bits per heavy atom. The van der Waals surface area contributed by atoms with E-state index in [1.165, 1.54) is 20.8 Å². The number of hydrogen-bond donors (Lipinski definition) is 1. The lowest BCUT2D eigenvalue weighted by Gasteiger charge is -2.28. The smallest absolute Gasteiger partial charge is 0.411 e. The van der Waals surface area contributed by atoms with Crippen LogP contribution in [0.4, 0.5) is 26.3 Å². The summed E-state index contributed by atoms with van der Waals surface area (Å²) in [7, 11) is 0. The molecule has 0 fully saturated rings. The van der Waals surface area contributed by atoms with Crippen LogP contribution in [0.3, 0.4) is 0 Å². The van der Waals surface area contributed by atoms with Crippen molar-refractivity contribution in [2.45, 2.75) is 44.1 Å². The molecular weight excluding hydrogens is 529 g/mol. The lowest BCUT2D eigenvalue weighted by molar-refractivity contribution is -0.297. The largest absolute Gasteiger partial charge is 0.477 e. The number of alkyl halides is 6. The second-order valence-corrected chi connectivity index (χ2v) is 7.81. The summed E-state index contributed by atoms with van der Waals surface area (Å²) in [6, 6.07) is 2.93. The van der Waals surface area contributed by atoms with Gasteiger partial charge >= 0.3 is 35.7 Å². The molecule has 0 bridgehead atoms. The Hall–Kier alpha value is -2.06. The molecule has 1 aromatic carbocycles. The van der Waals surface area contributed by atoms with Gasteiger partial charge in [-0.3, -0.25) is 0 Å². The normalized spacial score (nSPS) is 13.0. The SMILES string of the molecule is CC(C)(C)OC(=O)c1cc(I)ccc1OC(=O)C(F)(F)C(F)(F)C(F)(F)C(=O)O. The highest BCUT2D eigenvalue weighted by molar-refractivity contribution is 14.1. The molecule has 0 aliphatic rings. The Bertz CT molecular complexity index is 834. The van der Waals surface area contributed by atoms with Gasteiger partial charge < -0.3 is 14.6 Å². The summed E-state index contributed by atoms with van der Waals surface area (Å²) in [4.78, 5) is 34.0. The molecule has 0 saturated carbocycles. The van der Waals surface area contributed by atoms with Crippen LogP contribution in [0, 0.1) is 3.57 Å². The van der Waals surface area contributed by atoms with Crippen LogP contribution in [-0.2, 0) is 14.3 Å². The highest BCUT2D eigenvalue weighted by Gasteiger charge is 2.79. The number of carboxylic acids is 1. The molecule has 0 aliphatic carbocycles. The van der Waals surface area contributed by atoms with Gasteiger partial charge in [0.25, 0.3) is 0 Å². The van der Waals surface area contributed by atoms with Crippen LogP contribution in [0.15, 0.2) is 18.2 Å². The van der Waals surface area contributed by atoms with E-state index in [1.807, 2.05) is 0 Å². The first-order chi connectivity index (χ1) is 12.8. The zero-order chi connectivity index (χ0) is 23.0. The van der Waals surface area contributed by atoms with Crippen LogP contribution in [-0.4, -0.2) is 46.4 Å². The van der Waals surface area contributed by atoms with Crippen LogP contribution < -0.4 is 4.74 Å². The molecule has 0 amide bonds. The third-order valence-electron chi connectivity index (χ3n) is 3.08. The zero-order valence-corrected chi connectivity index (χ0v) is 17.0. The fourth-order valence-corrected chi connectivity index (χ4v) is 2.20. The number of carboxylic acid groups (broad SMARTS) is 1. The third kappa shape index (κ3) is 5.11. The fraction of sp³-hybridized carbons (Fsp3) is 0.438. The molecule has 1 aromatic rings. The predicted molar refractivity (Wildman–Crippen MR) is 92.4 cm³/mol. The van der Waals surface area contributed by atoms with Gasteiger partial charge in [0.15, 0.2) is 0 Å². The number of carbonyl (C=O) groups excluding carboxylic acids is 2. The minimum absolute atomic E-state index is 0.331. The van der Waals surface area contributed by atoms with Crippen molar-refractivity contribution in [1.82, 2.24) is 0 Å². The molecule has 1 N–H and O–H groups in total. The topological polar surface area (TPSA) is 89.9 Å². The van der Waals surface area contributed by atoms with Gasteiger partial charge in [-0.25, -0.2) is 14.4 Å². The second-order valence-electron chi connectivity index (χ2n) is 6.56. The Kier molecular flexibility index (Phi) is 6.88. The quantitative estimate of drug-likeness (QED) is 0.252. The maximum Gasteiger partial charge on any atom is 0.411 e. The summed E-state index contributed by atoms with van der Waals surface area (Å²) in [5.74, 6) is -28.1. The van der Waals surface area contributed by atoms with Crippen LogP contribution in [0.25, 0.3) is 0 Å². The Balaban J connectivity index is 3.32. The van der Waals surface area contributed by atoms with Crippen molar-refractivity contribution < 1.29 is 55.3 Å². The maximum atomic E-state index is 13.7. The van der Waals surface area contributed by atoms with Crippen molar-refractivity contribution in [2.24, 2.45) is 0 Å². The molecular formula is C16H13F6IO6. The lowest BCUT2D eigenvalue weighted by Crippen LogP contribution is -2.61. The van der Waals surface area contributed by atoms with Crippen molar-refractivity contribution in [3.8, 4) is 5.75 Å². The van der Waals surface area contributed by atoms with Gasteiger partial charge in [0, 0.05) is 3.57 Å². The predicted octanol–water partition coefficient (Wildman–Crippen LogP) is 4.14. The van der Waals surface area contributed by atoms with Gasteiger partial charge in [0.05, 0.1) is 0 Å². The summed E-state index contributed by atoms with van der Waals surface area (Å²) in [6.07, 6.45) is 0. The Labute approximate surface area is 173 Å². The van der Waals surface area contributed by atoms with E-state index in [0.29, 0.717) is 3.57 Å². The molecule has 162 valence electrons. The van der Waals surface area contributed by atoms with Gasteiger partial charge in [0.2, 0.25) is 0 Å². The minimum Gasteiger partial charge on any atom is -0.477 e. The van der Waals surface area contributed by atoms with Crippen LogP contribution in [0.2, 0.25) is 0 Å². The first-order valence-corrected chi connectivity index (χ1v) is 8.54. The Morgan fingerprint density at radius 3 is 1.93 bits per heavy atom. The highest BCUT2D eigenvalue weighted by Crippen LogP contribution is 2.46. The van der Waals surface area contributed by atoms with E-state index in [1.54, 1.807) is 22.6 Å². The summed E-state index contributed by atoms with van der Waals surface area (Å²) >= 11 is 1.69. The second kappa shape index (κ2) is 7.99. The van der Waals surface area contributed by atoms with Crippen molar-refractivity contribution >= 4 is 40.5 Å². The number of hydrogen-bond acceptors (Lipinski definition) is 5. The average Bonchev–Trinajstić information content (AvgIpc) is 2.54. The standard InChI is InChI=1S/C16H13F6IO6/c1-13(2,3)29-10(24)8-6-7(23)4-5-9(8)28-12(27)15(19,20)16(21,22)14(17,18)11(25)26/h4-6H,1-3H3,(H,25,26). The van der Waals surface area contributed by atoms with E-state index in [9.17, 15) is 40.7 Å². The van der Waals surface area contributed by atoms with Crippen molar-refractivity contribution in [3.05, 3.63) is 27.3 Å². The fourth-order valence-electron chi connectivity index (χ4n) is 1.71. The van der Waals surface area contributed by atoms with Crippen LogP contribution in [0.5, 0.6) is 5.75 Å². The van der Waals surface area contributed by atoms with E-state index in [2.05, 4.69) is 4.74 Å². The molecule has 0 heterocycles. The molecule has 0 radical (unpaired) electrons.